The van der Waals surface area contributed by atoms with Gasteiger partial charge in [-0.2, -0.15) is 0 Å². The second-order valence-electron chi connectivity index (χ2n) is 4.44. The summed E-state index contributed by atoms with van der Waals surface area (Å²) >= 11 is 0. The molecule has 0 fully saturated rings. The Morgan fingerprint density at radius 3 is 2.07 bits per heavy atom. The van der Waals surface area contributed by atoms with Crippen molar-refractivity contribution in [3.8, 4) is 0 Å². The number of nitrogens with one attached hydrogen (secondary N) is 3. The van der Waals surface area contributed by atoms with Gasteiger partial charge in [-0.1, -0.05) is 27.7 Å². The van der Waals surface area contributed by atoms with E-state index < -0.39 is 0 Å². The van der Waals surface area contributed by atoms with Gasteiger partial charge in [0, 0.05) is 25.2 Å². The summed E-state index contributed by atoms with van der Waals surface area (Å²) in [5.41, 5.74) is 0. The van der Waals surface area contributed by atoms with Gasteiger partial charge in [0.05, 0.1) is 6.04 Å². The minimum absolute atomic E-state index is 0.0641. The zero-order chi connectivity index (χ0) is 11.8. The molecule has 0 aromatic carbocycles. The van der Waals surface area contributed by atoms with Crippen LogP contribution >= 0.6 is 0 Å². The highest BCUT2D eigenvalue weighted by atomic mass is 16.2. The van der Waals surface area contributed by atoms with Crippen LogP contribution in [0, 0.1) is 0 Å². The van der Waals surface area contributed by atoms with E-state index in [1.807, 2.05) is 20.8 Å². The standard InChI is InChI=1S/C11H25N3O/c1-8(2)12-6-7-13-11(15)10(5)14-9(3)4/h8-10,12,14H,6-7H2,1-5H3,(H,13,15)/t10-/m0/s1. The Bertz CT molecular complexity index is 181. The van der Waals surface area contributed by atoms with Crippen LogP contribution in [-0.4, -0.2) is 37.1 Å². The summed E-state index contributed by atoms with van der Waals surface area (Å²) in [6.07, 6.45) is 0. The van der Waals surface area contributed by atoms with Gasteiger partial charge in [0.15, 0.2) is 0 Å². The molecule has 0 heterocycles. The van der Waals surface area contributed by atoms with Crippen LogP contribution in [0.2, 0.25) is 0 Å². The van der Waals surface area contributed by atoms with Crippen LogP contribution in [0.3, 0.4) is 0 Å². The monoisotopic (exact) mass is 215 g/mol. The first-order valence-corrected chi connectivity index (χ1v) is 5.70. The zero-order valence-corrected chi connectivity index (χ0v) is 10.6. The van der Waals surface area contributed by atoms with E-state index in [9.17, 15) is 4.79 Å². The molecule has 0 aromatic heterocycles. The lowest BCUT2D eigenvalue weighted by molar-refractivity contribution is -0.122. The van der Waals surface area contributed by atoms with Gasteiger partial charge in [0.2, 0.25) is 5.91 Å². The summed E-state index contributed by atoms with van der Waals surface area (Å²) in [5.74, 6) is 0.0641. The normalized spacial score (nSPS) is 13.3. The van der Waals surface area contributed by atoms with Crippen molar-refractivity contribution in [2.45, 2.75) is 52.7 Å². The number of amides is 1. The molecule has 0 aliphatic heterocycles. The van der Waals surface area contributed by atoms with Crippen LogP contribution in [0.4, 0.5) is 0 Å². The van der Waals surface area contributed by atoms with E-state index in [0.29, 0.717) is 18.6 Å². The lowest BCUT2D eigenvalue weighted by Gasteiger charge is -2.17. The molecule has 0 spiro atoms. The van der Waals surface area contributed by atoms with Crippen molar-refractivity contribution in [3.63, 3.8) is 0 Å². The molecular weight excluding hydrogens is 190 g/mol. The largest absolute Gasteiger partial charge is 0.353 e. The Hall–Kier alpha value is -0.610. The summed E-state index contributed by atoms with van der Waals surface area (Å²) in [4.78, 5) is 11.5. The van der Waals surface area contributed by atoms with Crippen LogP contribution in [0.5, 0.6) is 0 Å². The predicted octanol–water partition coefficient (Wildman–Crippen LogP) is 0.487. The molecule has 1 amide bonds. The van der Waals surface area contributed by atoms with Crippen molar-refractivity contribution in [1.29, 1.82) is 0 Å². The maximum absolute atomic E-state index is 11.5. The quantitative estimate of drug-likeness (QED) is 0.542. The summed E-state index contributed by atoms with van der Waals surface area (Å²) < 4.78 is 0. The van der Waals surface area contributed by atoms with Crippen LogP contribution in [0.1, 0.15) is 34.6 Å². The minimum Gasteiger partial charge on any atom is -0.353 e. The fraction of sp³-hybridized carbons (Fsp3) is 0.909. The summed E-state index contributed by atoms with van der Waals surface area (Å²) in [6, 6.07) is 0.678. The SMILES string of the molecule is CC(C)NCCNC(=O)[C@H](C)NC(C)C. The van der Waals surface area contributed by atoms with Gasteiger partial charge in [-0.05, 0) is 6.92 Å². The molecule has 0 aliphatic rings. The second kappa shape index (κ2) is 7.65. The molecule has 0 aromatic rings. The average molecular weight is 215 g/mol. The molecule has 0 radical (unpaired) electrons. The van der Waals surface area contributed by atoms with Crippen molar-refractivity contribution < 1.29 is 4.79 Å². The lowest BCUT2D eigenvalue weighted by atomic mass is 10.2. The van der Waals surface area contributed by atoms with Crippen molar-refractivity contribution in [3.05, 3.63) is 0 Å². The molecule has 3 N–H and O–H groups in total. The molecule has 0 bridgehead atoms. The lowest BCUT2D eigenvalue weighted by Crippen LogP contribution is -2.46. The second-order valence-corrected chi connectivity index (χ2v) is 4.44. The maximum Gasteiger partial charge on any atom is 0.236 e. The first kappa shape index (κ1) is 14.4. The van der Waals surface area contributed by atoms with E-state index in [4.69, 9.17) is 0 Å². The van der Waals surface area contributed by atoms with Crippen LogP contribution in [0.25, 0.3) is 0 Å². The highest BCUT2D eigenvalue weighted by Crippen LogP contribution is 1.86. The highest BCUT2D eigenvalue weighted by Gasteiger charge is 2.11. The van der Waals surface area contributed by atoms with Gasteiger partial charge in [-0.25, -0.2) is 0 Å². The molecule has 0 unspecified atom stereocenters. The van der Waals surface area contributed by atoms with Crippen molar-refractivity contribution in [2.24, 2.45) is 0 Å². The van der Waals surface area contributed by atoms with Crippen LogP contribution in [0.15, 0.2) is 0 Å². The third kappa shape index (κ3) is 8.39. The van der Waals surface area contributed by atoms with Crippen molar-refractivity contribution in [1.82, 2.24) is 16.0 Å². The van der Waals surface area contributed by atoms with Crippen LogP contribution in [-0.2, 0) is 4.79 Å². The van der Waals surface area contributed by atoms with Gasteiger partial charge < -0.3 is 16.0 Å². The Kier molecular flexibility index (Phi) is 7.34. The van der Waals surface area contributed by atoms with E-state index in [1.54, 1.807) is 0 Å². The summed E-state index contributed by atoms with van der Waals surface area (Å²) in [7, 11) is 0. The highest BCUT2D eigenvalue weighted by molar-refractivity contribution is 5.81. The number of carbonyl (C=O) groups is 1. The fourth-order valence-corrected chi connectivity index (χ4v) is 1.28. The average Bonchev–Trinajstić information content (AvgIpc) is 2.10. The Balaban J connectivity index is 3.56. The molecule has 0 saturated heterocycles. The smallest absolute Gasteiger partial charge is 0.236 e. The number of carbonyl (C=O) groups excluding carboxylic acids is 1. The molecule has 90 valence electrons. The Morgan fingerprint density at radius 2 is 1.60 bits per heavy atom. The first-order valence-electron chi connectivity index (χ1n) is 5.70. The van der Waals surface area contributed by atoms with Crippen molar-refractivity contribution >= 4 is 5.91 Å². The van der Waals surface area contributed by atoms with Crippen molar-refractivity contribution in [2.75, 3.05) is 13.1 Å². The van der Waals surface area contributed by atoms with Gasteiger partial charge in [0.1, 0.15) is 0 Å². The summed E-state index contributed by atoms with van der Waals surface area (Å²) in [6.45, 7) is 11.6. The number of rotatable bonds is 7. The van der Waals surface area contributed by atoms with E-state index in [2.05, 4.69) is 29.8 Å². The van der Waals surface area contributed by atoms with E-state index in [0.717, 1.165) is 6.54 Å². The molecular formula is C11H25N3O. The Labute approximate surface area is 93.2 Å². The third-order valence-electron chi connectivity index (χ3n) is 1.95. The fourth-order valence-electron chi connectivity index (χ4n) is 1.28. The Morgan fingerprint density at radius 1 is 1.00 bits per heavy atom. The van der Waals surface area contributed by atoms with E-state index >= 15 is 0 Å². The zero-order valence-electron chi connectivity index (χ0n) is 10.6. The van der Waals surface area contributed by atoms with Gasteiger partial charge in [-0.3, -0.25) is 4.79 Å². The molecule has 0 saturated carbocycles. The molecule has 4 heteroatoms. The van der Waals surface area contributed by atoms with E-state index in [-0.39, 0.29) is 11.9 Å². The number of hydrogen-bond donors (Lipinski definition) is 3. The van der Waals surface area contributed by atoms with Gasteiger partial charge in [-0.15, -0.1) is 0 Å². The minimum atomic E-state index is -0.121. The molecule has 15 heavy (non-hydrogen) atoms. The predicted molar refractivity (Wildman–Crippen MR) is 63.9 cm³/mol. The van der Waals surface area contributed by atoms with Gasteiger partial charge in [0.25, 0.3) is 0 Å². The molecule has 4 nitrogen and oxygen atoms in total. The number of hydrogen-bond acceptors (Lipinski definition) is 3. The van der Waals surface area contributed by atoms with Gasteiger partial charge >= 0.3 is 0 Å². The summed E-state index contributed by atoms with van der Waals surface area (Å²) in [5, 5.41) is 9.28. The topological polar surface area (TPSA) is 53.2 Å². The van der Waals surface area contributed by atoms with Crippen LogP contribution < -0.4 is 16.0 Å². The molecule has 0 rings (SSSR count). The third-order valence-corrected chi connectivity index (χ3v) is 1.95. The van der Waals surface area contributed by atoms with E-state index in [1.165, 1.54) is 0 Å². The first-order chi connectivity index (χ1) is 6.93. The molecule has 0 aliphatic carbocycles. The molecule has 1 atom stereocenters. The maximum atomic E-state index is 11.5.